The molecule has 0 radical (unpaired) electrons. The fourth-order valence-electron chi connectivity index (χ4n) is 3.10. The predicted octanol–water partition coefficient (Wildman–Crippen LogP) is 3.75. The summed E-state index contributed by atoms with van der Waals surface area (Å²) in [7, 11) is 1.42. The Morgan fingerprint density at radius 2 is 1.61 bits per heavy atom. The third-order valence-corrected chi connectivity index (χ3v) is 4.39. The number of rotatable bonds is 3. The zero-order valence-electron chi connectivity index (χ0n) is 15.0. The monoisotopic (exact) mass is 373 g/mol. The molecule has 0 aliphatic carbocycles. The van der Waals surface area contributed by atoms with Crippen LogP contribution in [0.3, 0.4) is 0 Å². The lowest BCUT2D eigenvalue weighted by Crippen LogP contribution is -2.22. The van der Waals surface area contributed by atoms with Gasteiger partial charge in [-0.3, -0.25) is 4.79 Å². The fraction of sp³-hybridized carbons (Fsp3) is 0.0455. The molecule has 0 atom stereocenters. The Labute approximate surface area is 160 Å². The normalized spacial score (nSPS) is 11.7. The van der Waals surface area contributed by atoms with Gasteiger partial charge < -0.3 is 5.21 Å². The zero-order chi connectivity index (χ0) is 19.7. The highest BCUT2D eigenvalue weighted by Crippen LogP contribution is 2.25. The van der Waals surface area contributed by atoms with E-state index < -0.39 is 0 Å². The molecule has 5 nitrogen and oxygen atoms in total. The zero-order valence-corrected chi connectivity index (χ0v) is 15.0. The van der Waals surface area contributed by atoms with Crippen LogP contribution in [0.1, 0.15) is 5.56 Å². The minimum atomic E-state index is -0.381. The third kappa shape index (κ3) is 3.27. The van der Waals surface area contributed by atoms with Gasteiger partial charge >= 0.3 is 0 Å². The first-order chi connectivity index (χ1) is 13.5. The Bertz CT molecular complexity index is 1240. The van der Waals surface area contributed by atoms with E-state index in [9.17, 15) is 14.4 Å². The molecule has 0 bridgehead atoms. The Kier molecular flexibility index (Phi) is 4.45. The van der Waals surface area contributed by atoms with Crippen molar-refractivity contribution in [2.75, 3.05) is 7.05 Å². The average Bonchev–Trinajstić information content (AvgIpc) is 2.70. The van der Waals surface area contributed by atoms with Crippen molar-refractivity contribution in [1.82, 2.24) is 9.78 Å². The molecule has 0 fully saturated rings. The van der Waals surface area contributed by atoms with Crippen LogP contribution in [0, 0.1) is 11.0 Å². The van der Waals surface area contributed by atoms with Crippen LogP contribution in [0.4, 0.5) is 4.39 Å². The van der Waals surface area contributed by atoms with E-state index in [2.05, 4.69) is 5.10 Å². The molecule has 6 heteroatoms. The van der Waals surface area contributed by atoms with Crippen molar-refractivity contribution in [1.29, 1.82) is 0 Å². The number of benzene rings is 3. The molecule has 1 aromatic heterocycles. The second-order valence-corrected chi connectivity index (χ2v) is 6.38. The summed E-state index contributed by atoms with van der Waals surface area (Å²) in [5.41, 5.74) is 2.40. The molecule has 3 aromatic carbocycles. The maximum atomic E-state index is 13.3. The van der Waals surface area contributed by atoms with E-state index in [4.69, 9.17) is 0 Å². The van der Waals surface area contributed by atoms with E-state index in [0.29, 0.717) is 16.8 Å². The summed E-state index contributed by atoms with van der Waals surface area (Å²) in [6, 6.07) is 20.2. The summed E-state index contributed by atoms with van der Waals surface area (Å²) >= 11 is 0. The van der Waals surface area contributed by atoms with E-state index in [0.717, 1.165) is 21.3 Å². The van der Waals surface area contributed by atoms with Gasteiger partial charge in [0.25, 0.3) is 5.56 Å². The molecule has 0 aliphatic heterocycles. The number of aromatic nitrogens is 2. The second-order valence-electron chi connectivity index (χ2n) is 6.38. The maximum Gasteiger partial charge on any atom is 0.279 e. The Hall–Kier alpha value is -3.80. The van der Waals surface area contributed by atoms with E-state index in [1.807, 2.05) is 36.4 Å². The molecule has 1 heterocycles. The molecule has 4 aromatic rings. The van der Waals surface area contributed by atoms with Gasteiger partial charge in [-0.15, -0.1) is 0 Å². The largest absolute Gasteiger partial charge is 0.624 e. The number of hydrogen-bond acceptors (Lipinski definition) is 3. The fourth-order valence-corrected chi connectivity index (χ4v) is 3.10. The van der Waals surface area contributed by atoms with E-state index >= 15 is 0 Å². The Morgan fingerprint density at radius 3 is 2.25 bits per heavy atom. The van der Waals surface area contributed by atoms with Gasteiger partial charge in [-0.1, -0.05) is 30.3 Å². The highest BCUT2D eigenvalue weighted by Gasteiger charge is 2.13. The summed E-state index contributed by atoms with van der Waals surface area (Å²) in [6.07, 6.45) is 1.47. The Morgan fingerprint density at radius 1 is 0.964 bits per heavy atom. The SMILES string of the molecule is C/[N+]([O-])=C\c1ccc(-c2nn(-c3ccc(F)cc3)c(=O)c3ccccc23)cc1. The van der Waals surface area contributed by atoms with Crippen LogP contribution in [0.15, 0.2) is 77.6 Å². The summed E-state index contributed by atoms with van der Waals surface area (Å²) in [6.45, 7) is 0. The molecule has 4 rings (SSSR count). The highest BCUT2D eigenvalue weighted by molar-refractivity contribution is 5.94. The van der Waals surface area contributed by atoms with Crippen molar-refractivity contribution in [2.24, 2.45) is 0 Å². The van der Waals surface area contributed by atoms with Crippen LogP contribution in [0.5, 0.6) is 0 Å². The van der Waals surface area contributed by atoms with Crippen LogP contribution in [-0.2, 0) is 0 Å². The molecule has 0 amide bonds. The van der Waals surface area contributed by atoms with Gasteiger partial charge in [0.15, 0.2) is 6.21 Å². The smallest absolute Gasteiger partial charge is 0.279 e. The maximum absolute atomic E-state index is 13.3. The van der Waals surface area contributed by atoms with Crippen molar-refractivity contribution in [3.8, 4) is 16.9 Å². The first-order valence-electron chi connectivity index (χ1n) is 8.66. The van der Waals surface area contributed by atoms with Crippen LogP contribution in [-0.4, -0.2) is 27.8 Å². The number of hydroxylamine groups is 1. The van der Waals surface area contributed by atoms with Crippen molar-refractivity contribution < 1.29 is 9.13 Å². The third-order valence-electron chi connectivity index (χ3n) is 4.39. The van der Waals surface area contributed by atoms with Crippen LogP contribution in [0.25, 0.3) is 27.7 Å². The molecule has 28 heavy (non-hydrogen) atoms. The number of hydrogen-bond donors (Lipinski definition) is 0. The summed E-state index contributed by atoms with van der Waals surface area (Å²) in [5, 5.41) is 17.0. The molecule has 0 spiro atoms. The second kappa shape index (κ2) is 7.08. The lowest BCUT2D eigenvalue weighted by Gasteiger charge is -2.11. The van der Waals surface area contributed by atoms with E-state index in [1.165, 1.54) is 42.2 Å². The van der Waals surface area contributed by atoms with Crippen molar-refractivity contribution in [3.63, 3.8) is 0 Å². The van der Waals surface area contributed by atoms with Gasteiger partial charge in [0, 0.05) is 16.5 Å². The van der Waals surface area contributed by atoms with E-state index in [-0.39, 0.29) is 11.4 Å². The van der Waals surface area contributed by atoms with Crippen molar-refractivity contribution in [2.45, 2.75) is 0 Å². The van der Waals surface area contributed by atoms with Crippen LogP contribution >= 0.6 is 0 Å². The standard InChI is InChI=1S/C22H16FN3O2/c1-25(28)14-15-6-8-16(9-7-15)21-19-4-2-3-5-20(19)22(27)26(24-21)18-12-10-17(23)11-13-18/h2-14H,1H3/b25-14+. The first-order valence-corrected chi connectivity index (χ1v) is 8.66. The van der Waals surface area contributed by atoms with Crippen LogP contribution < -0.4 is 5.56 Å². The summed E-state index contributed by atoms with van der Waals surface area (Å²) < 4.78 is 15.3. The summed E-state index contributed by atoms with van der Waals surface area (Å²) in [5.74, 6) is -0.381. The molecule has 0 saturated carbocycles. The minimum absolute atomic E-state index is 0.274. The summed E-state index contributed by atoms with van der Waals surface area (Å²) in [4.78, 5) is 12.9. The van der Waals surface area contributed by atoms with Gasteiger partial charge in [-0.2, -0.15) is 9.78 Å². The van der Waals surface area contributed by atoms with E-state index in [1.54, 1.807) is 12.1 Å². The van der Waals surface area contributed by atoms with Gasteiger partial charge in [-0.25, -0.2) is 9.13 Å². The number of halogens is 1. The van der Waals surface area contributed by atoms with Gasteiger partial charge in [0.2, 0.25) is 0 Å². The predicted molar refractivity (Wildman–Crippen MR) is 107 cm³/mol. The lowest BCUT2D eigenvalue weighted by molar-refractivity contribution is -0.416. The van der Waals surface area contributed by atoms with Gasteiger partial charge in [0.05, 0.1) is 16.8 Å². The molecular weight excluding hydrogens is 357 g/mol. The quantitative estimate of drug-likeness (QED) is 0.238. The number of fused-ring (bicyclic) bond motifs is 1. The topological polar surface area (TPSA) is 61.0 Å². The molecule has 0 unspecified atom stereocenters. The van der Waals surface area contributed by atoms with Gasteiger partial charge in [-0.05, 0) is 42.5 Å². The molecule has 138 valence electrons. The first kappa shape index (κ1) is 17.6. The highest BCUT2D eigenvalue weighted by atomic mass is 19.1. The minimum Gasteiger partial charge on any atom is -0.624 e. The van der Waals surface area contributed by atoms with Crippen LogP contribution in [0.2, 0.25) is 0 Å². The van der Waals surface area contributed by atoms with Crippen molar-refractivity contribution >= 4 is 17.0 Å². The molecule has 0 saturated heterocycles. The number of nitrogens with zero attached hydrogens (tertiary/aromatic N) is 3. The molecule has 0 N–H and O–H groups in total. The van der Waals surface area contributed by atoms with Crippen molar-refractivity contribution in [3.05, 3.63) is 99.7 Å². The lowest BCUT2D eigenvalue weighted by atomic mass is 10.0. The Balaban J connectivity index is 1.95. The molecular formula is C22H16FN3O2. The van der Waals surface area contributed by atoms with Gasteiger partial charge in [0.1, 0.15) is 12.9 Å². The average molecular weight is 373 g/mol. The molecule has 0 aliphatic rings.